The van der Waals surface area contributed by atoms with Crippen molar-refractivity contribution >= 4 is 27.3 Å². The Morgan fingerprint density at radius 2 is 1.61 bits per heavy atom. The Balaban J connectivity index is 1.89. The monoisotopic (exact) mass is 335 g/mol. The molecule has 1 amide bonds. The minimum absolute atomic E-state index is 0.00754. The minimum atomic E-state index is -3.74. The van der Waals surface area contributed by atoms with Gasteiger partial charge in [-0.3, -0.25) is 4.79 Å². The van der Waals surface area contributed by atoms with Crippen molar-refractivity contribution < 1.29 is 17.9 Å². The van der Waals surface area contributed by atoms with Gasteiger partial charge in [0.2, 0.25) is 15.9 Å². The zero-order valence-corrected chi connectivity index (χ0v) is 13.3. The van der Waals surface area contributed by atoms with E-state index in [1.165, 1.54) is 24.3 Å². The van der Waals surface area contributed by atoms with E-state index in [1.807, 2.05) is 0 Å². The highest BCUT2D eigenvalue weighted by Gasteiger charge is 2.08. The largest absolute Gasteiger partial charge is 0.497 e. The third kappa shape index (κ3) is 4.97. The second-order valence-electron chi connectivity index (χ2n) is 4.70. The molecule has 0 atom stereocenters. The maximum absolute atomic E-state index is 11.8. The van der Waals surface area contributed by atoms with Crippen LogP contribution in [0.2, 0.25) is 0 Å². The van der Waals surface area contributed by atoms with Crippen LogP contribution >= 0.6 is 0 Å². The predicted octanol–water partition coefficient (Wildman–Crippen LogP) is 1.39. The molecule has 2 aromatic rings. The lowest BCUT2D eigenvalue weighted by Crippen LogP contribution is -2.21. The predicted molar refractivity (Wildman–Crippen MR) is 87.9 cm³/mol. The molecule has 0 heterocycles. The second kappa shape index (κ2) is 7.12. The van der Waals surface area contributed by atoms with Crippen molar-refractivity contribution in [3.63, 3.8) is 0 Å². The maximum Gasteiger partial charge on any atom is 0.243 e. The SMILES string of the molecule is COc1ccc(NCC(=O)Nc2ccc(S(N)(=O)=O)cc2)cc1. The van der Waals surface area contributed by atoms with Gasteiger partial charge in [-0.15, -0.1) is 0 Å². The normalized spacial score (nSPS) is 10.9. The molecule has 2 rings (SSSR count). The van der Waals surface area contributed by atoms with Crippen molar-refractivity contribution in [3.8, 4) is 5.75 Å². The van der Waals surface area contributed by atoms with Gasteiger partial charge in [-0.2, -0.15) is 0 Å². The molecule has 0 bridgehead atoms. The van der Waals surface area contributed by atoms with Gasteiger partial charge in [-0.1, -0.05) is 0 Å². The van der Waals surface area contributed by atoms with Gasteiger partial charge in [0, 0.05) is 11.4 Å². The molecule has 0 aromatic heterocycles. The maximum atomic E-state index is 11.8. The summed E-state index contributed by atoms with van der Waals surface area (Å²) in [6, 6.07) is 12.8. The zero-order valence-electron chi connectivity index (χ0n) is 12.4. The molecule has 0 saturated carbocycles. The average molecular weight is 335 g/mol. The van der Waals surface area contributed by atoms with E-state index in [1.54, 1.807) is 31.4 Å². The van der Waals surface area contributed by atoms with Gasteiger partial charge >= 0.3 is 0 Å². The average Bonchev–Trinajstić information content (AvgIpc) is 2.53. The number of nitrogens with one attached hydrogen (secondary N) is 2. The first kappa shape index (κ1) is 16.8. The molecule has 4 N–H and O–H groups in total. The van der Waals surface area contributed by atoms with Gasteiger partial charge in [-0.25, -0.2) is 13.6 Å². The first-order chi connectivity index (χ1) is 10.9. The third-order valence-corrected chi connectivity index (χ3v) is 3.94. The van der Waals surface area contributed by atoms with Crippen LogP contribution in [-0.2, 0) is 14.8 Å². The van der Waals surface area contributed by atoms with Crippen LogP contribution in [0, 0.1) is 0 Å². The van der Waals surface area contributed by atoms with Crippen molar-refractivity contribution in [3.05, 3.63) is 48.5 Å². The molecular weight excluding hydrogens is 318 g/mol. The quantitative estimate of drug-likeness (QED) is 0.739. The number of primary sulfonamides is 1. The lowest BCUT2D eigenvalue weighted by molar-refractivity contribution is -0.114. The highest BCUT2D eigenvalue weighted by atomic mass is 32.2. The van der Waals surface area contributed by atoms with E-state index in [-0.39, 0.29) is 17.3 Å². The Hall–Kier alpha value is -2.58. The van der Waals surface area contributed by atoms with Crippen LogP contribution < -0.4 is 20.5 Å². The number of rotatable bonds is 6. The number of sulfonamides is 1. The number of hydrogen-bond donors (Lipinski definition) is 3. The van der Waals surface area contributed by atoms with Crippen molar-refractivity contribution in [2.24, 2.45) is 5.14 Å². The number of carbonyl (C=O) groups excluding carboxylic acids is 1. The molecule has 0 saturated heterocycles. The molecule has 0 spiro atoms. The Morgan fingerprint density at radius 3 is 2.13 bits per heavy atom. The smallest absolute Gasteiger partial charge is 0.243 e. The van der Waals surface area contributed by atoms with E-state index >= 15 is 0 Å². The Morgan fingerprint density at radius 1 is 1.04 bits per heavy atom. The van der Waals surface area contributed by atoms with E-state index in [0.29, 0.717) is 5.69 Å². The molecule has 0 aliphatic carbocycles. The van der Waals surface area contributed by atoms with E-state index in [0.717, 1.165) is 11.4 Å². The summed E-state index contributed by atoms with van der Waals surface area (Å²) in [6.07, 6.45) is 0. The summed E-state index contributed by atoms with van der Waals surface area (Å²) in [4.78, 5) is 11.8. The fourth-order valence-electron chi connectivity index (χ4n) is 1.82. The summed E-state index contributed by atoms with van der Waals surface area (Å²) in [5, 5.41) is 10.6. The summed E-state index contributed by atoms with van der Waals surface area (Å²) in [7, 11) is -2.15. The molecule has 0 radical (unpaired) electrons. The topological polar surface area (TPSA) is 111 Å². The molecule has 0 aliphatic heterocycles. The molecule has 23 heavy (non-hydrogen) atoms. The van der Waals surface area contributed by atoms with E-state index in [2.05, 4.69) is 10.6 Å². The first-order valence-corrected chi connectivity index (χ1v) is 8.24. The first-order valence-electron chi connectivity index (χ1n) is 6.69. The molecular formula is C15H17N3O4S. The second-order valence-corrected chi connectivity index (χ2v) is 6.26. The lowest BCUT2D eigenvalue weighted by Gasteiger charge is -2.09. The molecule has 7 nitrogen and oxygen atoms in total. The molecule has 0 unspecified atom stereocenters. The number of anilines is 2. The number of ether oxygens (including phenoxy) is 1. The number of amides is 1. The third-order valence-electron chi connectivity index (χ3n) is 3.01. The van der Waals surface area contributed by atoms with Crippen LogP contribution in [0.25, 0.3) is 0 Å². The highest BCUT2D eigenvalue weighted by Crippen LogP contribution is 2.15. The molecule has 2 aromatic carbocycles. The fraction of sp³-hybridized carbons (Fsp3) is 0.133. The zero-order chi connectivity index (χ0) is 16.9. The van der Waals surface area contributed by atoms with Crippen molar-refractivity contribution in [2.75, 3.05) is 24.3 Å². The van der Waals surface area contributed by atoms with Gasteiger partial charge in [-0.05, 0) is 48.5 Å². The summed E-state index contributed by atoms with van der Waals surface area (Å²) < 4.78 is 27.3. The van der Waals surface area contributed by atoms with Crippen molar-refractivity contribution in [1.82, 2.24) is 0 Å². The fourth-order valence-corrected chi connectivity index (χ4v) is 2.34. The van der Waals surface area contributed by atoms with Crippen molar-refractivity contribution in [1.29, 1.82) is 0 Å². The van der Waals surface area contributed by atoms with Crippen LogP contribution in [0.5, 0.6) is 5.75 Å². The van der Waals surface area contributed by atoms with Crippen LogP contribution in [0.3, 0.4) is 0 Å². The number of methoxy groups -OCH3 is 1. The van der Waals surface area contributed by atoms with Gasteiger partial charge in [0.1, 0.15) is 5.75 Å². The van der Waals surface area contributed by atoms with Gasteiger partial charge in [0.05, 0.1) is 18.6 Å². The van der Waals surface area contributed by atoms with Crippen LogP contribution in [0.1, 0.15) is 0 Å². The number of nitrogens with two attached hydrogens (primary N) is 1. The van der Waals surface area contributed by atoms with Crippen LogP contribution in [0.4, 0.5) is 11.4 Å². The summed E-state index contributed by atoms with van der Waals surface area (Å²) >= 11 is 0. The number of carbonyl (C=O) groups is 1. The molecule has 0 fully saturated rings. The van der Waals surface area contributed by atoms with E-state index < -0.39 is 10.0 Å². The summed E-state index contributed by atoms with van der Waals surface area (Å²) in [6.45, 7) is 0.0727. The van der Waals surface area contributed by atoms with E-state index in [9.17, 15) is 13.2 Å². The summed E-state index contributed by atoms with van der Waals surface area (Å²) in [5.41, 5.74) is 1.27. The molecule has 8 heteroatoms. The Labute approximate surface area is 134 Å². The standard InChI is InChI=1S/C15H17N3O4S/c1-22-13-6-2-11(3-7-13)17-10-15(19)18-12-4-8-14(9-5-12)23(16,20)21/h2-9,17H,10H2,1H3,(H,18,19)(H2,16,20,21). The Bertz CT molecular complexity index is 771. The molecule has 0 aliphatic rings. The molecule has 122 valence electrons. The Kier molecular flexibility index (Phi) is 5.20. The van der Waals surface area contributed by atoms with E-state index in [4.69, 9.17) is 9.88 Å². The highest BCUT2D eigenvalue weighted by molar-refractivity contribution is 7.89. The lowest BCUT2D eigenvalue weighted by atomic mass is 10.3. The minimum Gasteiger partial charge on any atom is -0.497 e. The van der Waals surface area contributed by atoms with Crippen molar-refractivity contribution in [2.45, 2.75) is 4.90 Å². The number of hydrogen-bond acceptors (Lipinski definition) is 5. The van der Waals surface area contributed by atoms with Gasteiger partial charge in [0.15, 0.2) is 0 Å². The number of benzene rings is 2. The van der Waals surface area contributed by atoms with Crippen LogP contribution in [-0.4, -0.2) is 28.0 Å². The van der Waals surface area contributed by atoms with Gasteiger partial charge in [0.25, 0.3) is 0 Å². The van der Waals surface area contributed by atoms with Gasteiger partial charge < -0.3 is 15.4 Å². The van der Waals surface area contributed by atoms with Crippen LogP contribution in [0.15, 0.2) is 53.4 Å². The summed E-state index contributed by atoms with van der Waals surface area (Å²) in [5.74, 6) is 0.471.